The van der Waals surface area contributed by atoms with Crippen molar-refractivity contribution in [3.63, 3.8) is 0 Å². The first-order valence-electron chi connectivity index (χ1n) is 3.33. The molecule has 73 valence electrons. The number of alkyl halides is 5. The molecule has 0 fully saturated rings. The molecule has 0 N–H and O–H groups in total. The number of hydrogen-bond acceptors (Lipinski definition) is 0. The van der Waals surface area contributed by atoms with E-state index in [0.717, 1.165) is 0 Å². The van der Waals surface area contributed by atoms with E-state index in [0.29, 0.717) is 0 Å². The normalized spacial score (nSPS) is 16.2. The van der Waals surface area contributed by atoms with Gasteiger partial charge in [0.05, 0.1) is 0 Å². The van der Waals surface area contributed by atoms with E-state index in [-0.39, 0.29) is 6.42 Å². The van der Waals surface area contributed by atoms with E-state index >= 15 is 0 Å². The molecule has 0 rings (SSSR count). The zero-order valence-electron chi connectivity index (χ0n) is 6.29. The number of halogens is 5. The van der Waals surface area contributed by atoms with Gasteiger partial charge < -0.3 is 0 Å². The van der Waals surface area contributed by atoms with E-state index in [1.54, 1.807) is 0 Å². The molecular formula is C6H8F5S. The van der Waals surface area contributed by atoms with Crippen LogP contribution in [0.5, 0.6) is 0 Å². The Bertz CT molecular complexity index is 141. The molecule has 1 unspecified atom stereocenters. The minimum Gasteiger partial charge on any atom is -0.241 e. The highest BCUT2D eigenvalue weighted by molar-refractivity contribution is 7.81. The van der Waals surface area contributed by atoms with Crippen molar-refractivity contribution in [2.75, 3.05) is 0 Å². The van der Waals surface area contributed by atoms with Gasteiger partial charge in [-0.25, -0.2) is 4.39 Å². The maximum atomic E-state index is 12.4. The smallest absolute Gasteiger partial charge is 0.241 e. The van der Waals surface area contributed by atoms with Crippen molar-refractivity contribution < 1.29 is 22.0 Å². The molecule has 0 heterocycles. The van der Waals surface area contributed by atoms with Gasteiger partial charge in [0.15, 0.2) is 6.17 Å². The minimum atomic E-state index is -4.74. The molecule has 0 aliphatic carbocycles. The van der Waals surface area contributed by atoms with E-state index in [2.05, 4.69) is 12.6 Å². The van der Waals surface area contributed by atoms with Crippen molar-refractivity contribution in [1.82, 2.24) is 0 Å². The fourth-order valence-electron chi connectivity index (χ4n) is 0.617. The molecule has 0 spiro atoms. The van der Waals surface area contributed by atoms with Gasteiger partial charge in [-0.2, -0.15) is 17.6 Å². The average Bonchev–Trinajstić information content (AvgIpc) is 1.85. The molecule has 0 aromatic heterocycles. The van der Waals surface area contributed by atoms with Gasteiger partial charge in [-0.05, 0) is 19.0 Å². The lowest BCUT2D eigenvalue weighted by Gasteiger charge is -2.24. The monoisotopic (exact) mass is 207 g/mol. The van der Waals surface area contributed by atoms with Gasteiger partial charge in [-0.1, -0.05) is 13.3 Å². The summed E-state index contributed by atoms with van der Waals surface area (Å²) in [4.78, 5) is 0. The molecule has 0 aromatic carbocycles. The Morgan fingerprint density at radius 3 is 1.92 bits per heavy atom. The van der Waals surface area contributed by atoms with Gasteiger partial charge in [-0.3, -0.25) is 0 Å². The van der Waals surface area contributed by atoms with Gasteiger partial charge >= 0.3 is 11.2 Å². The van der Waals surface area contributed by atoms with Crippen LogP contribution in [0.25, 0.3) is 0 Å². The first kappa shape index (κ1) is 12.0. The summed E-state index contributed by atoms with van der Waals surface area (Å²) in [5, 5.41) is -4.71. The van der Waals surface area contributed by atoms with Crippen LogP contribution in [-0.2, 0) is 0 Å². The first-order valence-corrected chi connectivity index (χ1v) is 3.74. The predicted octanol–water partition coefficient (Wildman–Crippen LogP) is 3.55. The topological polar surface area (TPSA) is 0 Å². The minimum absolute atomic E-state index is 0.0716. The molecule has 6 heteroatoms. The zero-order valence-corrected chi connectivity index (χ0v) is 7.11. The second-order valence-corrected chi connectivity index (χ2v) is 2.91. The lowest BCUT2D eigenvalue weighted by molar-refractivity contribution is -0.190. The largest absolute Gasteiger partial charge is 0.368 e. The molecule has 0 bridgehead atoms. The zero-order chi connectivity index (χ0) is 9.99. The molecule has 0 amide bonds. The Morgan fingerprint density at radius 2 is 1.67 bits per heavy atom. The fraction of sp³-hybridized carbons (Fsp3) is 1.00. The van der Waals surface area contributed by atoms with Crippen LogP contribution in [0, 0.1) is 0 Å². The molecule has 0 saturated heterocycles. The van der Waals surface area contributed by atoms with Crippen molar-refractivity contribution >= 4 is 12.6 Å². The van der Waals surface area contributed by atoms with Gasteiger partial charge in [-0.15, -0.1) is 0 Å². The van der Waals surface area contributed by atoms with Crippen LogP contribution in [0.1, 0.15) is 19.8 Å². The molecule has 1 atom stereocenters. The van der Waals surface area contributed by atoms with Crippen LogP contribution in [0.15, 0.2) is 0 Å². The Labute approximate surface area is 72.5 Å². The molecular weight excluding hydrogens is 199 g/mol. The predicted molar refractivity (Wildman–Crippen MR) is 37.3 cm³/mol. The van der Waals surface area contributed by atoms with Gasteiger partial charge in [0, 0.05) is 0 Å². The first-order chi connectivity index (χ1) is 5.23. The van der Waals surface area contributed by atoms with Crippen LogP contribution in [0.3, 0.4) is 0 Å². The molecule has 0 aliphatic rings. The van der Waals surface area contributed by atoms with Crippen molar-refractivity contribution in [2.45, 2.75) is 37.1 Å². The van der Waals surface area contributed by atoms with Crippen LogP contribution in [0.4, 0.5) is 22.0 Å². The van der Waals surface area contributed by atoms with Crippen molar-refractivity contribution in [2.24, 2.45) is 0 Å². The summed E-state index contributed by atoms with van der Waals surface area (Å²) < 4.78 is 60.7. The molecule has 12 heavy (non-hydrogen) atoms. The van der Waals surface area contributed by atoms with Gasteiger partial charge in [0.1, 0.15) is 0 Å². The third-order valence-corrected chi connectivity index (χ3v) is 1.60. The standard InChI is InChI=1S/C6H8F5S/c1-2-3-4(7)5(8,9)6(10,11)12/h4H,2-3H2,1H3. The van der Waals surface area contributed by atoms with Crippen LogP contribution in [0.2, 0.25) is 0 Å². The summed E-state index contributed by atoms with van der Waals surface area (Å²) >= 11 is 3.19. The highest BCUT2D eigenvalue weighted by atomic mass is 32.1. The van der Waals surface area contributed by atoms with Crippen molar-refractivity contribution in [3.05, 3.63) is 0 Å². The Hall–Kier alpha value is -0.0000000000000000555. The summed E-state index contributed by atoms with van der Waals surface area (Å²) in [7, 11) is 0. The third-order valence-electron chi connectivity index (χ3n) is 1.32. The second-order valence-electron chi connectivity index (χ2n) is 2.40. The lowest BCUT2D eigenvalue weighted by atomic mass is 10.1. The Balaban J connectivity index is 4.38. The highest BCUT2D eigenvalue weighted by Gasteiger charge is 2.59. The summed E-state index contributed by atoms with van der Waals surface area (Å²) in [5.41, 5.74) is 0. The van der Waals surface area contributed by atoms with Gasteiger partial charge in [0.2, 0.25) is 0 Å². The quantitative estimate of drug-likeness (QED) is 0.618. The van der Waals surface area contributed by atoms with E-state index in [1.165, 1.54) is 6.92 Å². The maximum absolute atomic E-state index is 12.4. The van der Waals surface area contributed by atoms with Gasteiger partial charge in [0.25, 0.3) is 0 Å². The average molecular weight is 207 g/mol. The second kappa shape index (κ2) is 3.81. The Morgan fingerprint density at radius 1 is 1.25 bits per heavy atom. The molecule has 0 nitrogen and oxygen atoms in total. The van der Waals surface area contributed by atoms with Crippen molar-refractivity contribution in [3.8, 4) is 0 Å². The van der Waals surface area contributed by atoms with E-state index in [4.69, 9.17) is 0 Å². The van der Waals surface area contributed by atoms with Crippen LogP contribution < -0.4 is 0 Å². The van der Waals surface area contributed by atoms with E-state index < -0.39 is 23.8 Å². The van der Waals surface area contributed by atoms with Crippen LogP contribution in [-0.4, -0.2) is 17.3 Å². The van der Waals surface area contributed by atoms with Crippen molar-refractivity contribution in [1.29, 1.82) is 0 Å². The highest BCUT2D eigenvalue weighted by Crippen LogP contribution is 2.42. The van der Waals surface area contributed by atoms with Crippen LogP contribution >= 0.6 is 12.6 Å². The molecule has 0 aromatic rings. The SMILES string of the molecule is CCCC(F)C(F)(F)C(F)(F)[S]. The summed E-state index contributed by atoms with van der Waals surface area (Å²) in [6, 6.07) is 0. The van der Waals surface area contributed by atoms with E-state index in [9.17, 15) is 22.0 Å². The summed E-state index contributed by atoms with van der Waals surface area (Å²) in [6.07, 6.45) is -3.41. The molecule has 1 radical (unpaired) electrons. The molecule has 0 saturated carbocycles. The number of hydrogen-bond donors (Lipinski definition) is 0. The summed E-state index contributed by atoms with van der Waals surface area (Å²) in [5.74, 6) is -4.74. The fourth-order valence-corrected chi connectivity index (χ4v) is 0.745. The third kappa shape index (κ3) is 2.50. The Kier molecular flexibility index (Phi) is 3.81. The van der Waals surface area contributed by atoms with E-state index in [1.807, 2.05) is 0 Å². The maximum Gasteiger partial charge on any atom is 0.368 e. The summed E-state index contributed by atoms with van der Waals surface area (Å²) in [6.45, 7) is 1.42. The lowest BCUT2D eigenvalue weighted by Crippen LogP contribution is -2.44. The number of rotatable bonds is 4. The molecule has 0 aliphatic heterocycles.